The standard InChI is InChI=1S/C29H32FO6P/c1-20-16-32-29-26(30)15-25(21(2)24-13-14-24)28(27(20)29)33-19-36-37(31,34-17-22-9-5-3-6-10-22)35-18-23-11-7-4-8-12-23/h3-12,15,20-21,24H,13-14,16-19H2,1-2H3. The van der Waals surface area contributed by atoms with Gasteiger partial charge in [-0.1, -0.05) is 74.5 Å². The van der Waals surface area contributed by atoms with E-state index in [2.05, 4.69) is 6.92 Å². The summed E-state index contributed by atoms with van der Waals surface area (Å²) in [4.78, 5) is 0. The molecule has 2 aliphatic rings. The van der Waals surface area contributed by atoms with E-state index in [1.807, 2.05) is 67.6 Å². The van der Waals surface area contributed by atoms with Gasteiger partial charge in [-0.15, -0.1) is 0 Å². The van der Waals surface area contributed by atoms with Gasteiger partial charge in [0.1, 0.15) is 5.75 Å². The molecule has 2 unspecified atom stereocenters. The minimum atomic E-state index is -4.01. The second-order valence-electron chi connectivity index (χ2n) is 9.71. The molecule has 1 fully saturated rings. The first-order valence-corrected chi connectivity index (χ1v) is 14.1. The minimum absolute atomic E-state index is 0.0404. The van der Waals surface area contributed by atoms with Crippen molar-refractivity contribution in [2.24, 2.45) is 5.92 Å². The van der Waals surface area contributed by atoms with Crippen LogP contribution in [-0.2, 0) is 31.4 Å². The number of phosphoric acid groups is 1. The highest BCUT2D eigenvalue weighted by molar-refractivity contribution is 7.48. The van der Waals surface area contributed by atoms with E-state index in [0.717, 1.165) is 29.5 Å². The molecule has 3 aromatic rings. The van der Waals surface area contributed by atoms with Crippen LogP contribution in [0.1, 0.15) is 60.8 Å². The molecule has 0 saturated heterocycles. The molecule has 196 valence electrons. The summed E-state index contributed by atoms with van der Waals surface area (Å²) in [6, 6.07) is 20.3. The maximum atomic E-state index is 14.9. The number of halogens is 1. The van der Waals surface area contributed by atoms with Crippen LogP contribution in [-0.4, -0.2) is 13.4 Å². The van der Waals surface area contributed by atoms with E-state index in [1.165, 1.54) is 6.07 Å². The molecule has 1 aliphatic carbocycles. The van der Waals surface area contributed by atoms with E-state index in [4.69, 9.17) is 23.0 Å². The summed E-state index contributed by atoms with van der Waals surface area (Å²) in [5, 5.41) is 0. The normalized spacial score (nSPS) is 17.8. The lowest BCUT2D eigenvalue weighted by Gasteiger charge is -2.22. The van der Waals surface area contributed by atoms with Gasteiger partial charge in [0, 0.05) is 17.0 Å². The van der Waals surface area contributed by atoms with Gasteiger partial charge in [-0.3, -0.25) is 9.05 Å². The minimum Gasteiger partial charge on any atom is -0.489 e. The number of phosphoric ester groups is 1. The molecule has 2 atom stereocenters. The molecule has 37 heavy (non-hydrogen) atoms. The Morgan fingerprint density at radius 1 is 0.973 bits per heavy atom. The molecule has 0 bridgehead atoms. The van der Waals surface area contributed by atoms with Crippen LogP contribution >= 0.6 is 7.82 Å². The molecule has 3 aromatic carbocycles. The highest BCUT2D eigenvalue weighted by Crippen LogP contribution is 2.53. The van der Waals surface area contributed by atoms with Gasteiger partial charge in [0.15, 0.2) is 18.4 Å². The second-order valence-corrected chi connectivity index (χ2v) is 11.4. The van der Waals surface area contributed by atoms with Crippen molar-refractivity contribution < 1.29 is 32.0 Å². The van der Waals surface area contributed by atoms with Gasteiger partial charge in [-0.25, -0.2) is 13.5 Å². The van der Waals surface area contributed by atoms with Crippen LogP contribution in [0.4, 0.5) is 4.39 Å². The molecule has 0 aromatic heterocycles. The zero-order valence-corrected chi connectivity index (χ0v) is 22.0. The Bertz CT molecular complexity index is 1200. The Morgan fingerprint density at radius 2 is 1.57 bits per heavy atom. The third-order valence-corrected chi connectivity index (χ3v) is 8.23. The average molecular weight is 527 g/mol. The molecule has 6 nitrogen and oxygen atoms in total. The first kappa shape index (κ1) is 25.9. The average Bonchev–Trinajstić information content (AvgIpc) is 3.70. The van der Waals surface area contributed by atoms with Gasteiger partial charge in [0.05, 0.1) is 19.8 Å². The number of benzene rings is 3. The van der Waals surface area contributed by atoms with Gasteiger partial charge in [-0.2, -0.15) is 0 Å². The molecule has 0 spiro atoms. The van der Waals surface area contributed by atoms with E-state index in [1.54, 1.807) is 0 Å². The second kappa shape index (κ2) is 11.4. The lowest BCUT2D eigenvalue weighted by atomic mass is 9.90. The van der Waals surface area contributed by atoms with Crippen LogP contribution in [0.2, 0.25) is 0 Å². The summed E-state index contributed by atoms with van der Waals surface area (Å²) in [5.74, 6) is 0.960. The molecule has 0 amide bonds. The molecule has 8 heteroatoms. The SMILES string of the molecule is CC1COc2c(F)cc(C(C)C3CC3)c(OCOP(=O)(OCc3ccccc3)OCc3ccccc3)c21. The largest absolute Gasteiger partial charge is 0.489 e. The molecule has 1 saturated carbocycles. The van der Waals surface area contributed by atoms with Crippen molar-refractivity contribution in [3.05, 3.63) is 94.8 Å². The van der Waals surface area contributed by atoms with Crippen molar-refractivity contribution in [2.75, 3.05) is 13.4 Å². The topological polar surface area (TPSA) is 63.2 Å². The van der Waals surface area contributed by atoms with E-state index < -0.39 is 7.82 Å². The fourth-order valence-electron chi connectivity index (χ4n) is 4.61. The Morgan fingerprint density at radius 3 is 2.14 bits per heavy atom. The number of fused-ring (bicyclic) bond motifs is 1. The zero-order valence-electron chi connectivity index (χ0n) is 21.1. The number of ether oxygens (including phenoxy) is 2. The smallest absolute Gasteiger partial charge is 0.478 e. The van der Waals surface area contributed by atoms with Gasteiger partial charge < -0.3 is 9.47 Å². The molecule has 0 radical (unpaired) electrons. The van der Waals surface area contributed by atoms with Crippen molar-refractivity contribution in [3.8, 4) is 11.5 Å². The van der Waals surface area contributed by atoms with Crippen molar-refractivity contribution >= 4 is 7.82 Å². The predicted molar refractivity (Wildman–Crippen MR) is 138 cm³/mol. The quantitative estimate of drug-likeness (QED) is 0.178. The van der Waals surface area contributed by atoms with Crippen molar-refractivity contribution in [1.29, 1.82) is 0 Å². The van der Waals surface area contributed by atoms with Gasteiger partial charge >= 0.3 is 7.82 Å². The summed E-state index contributed by atoms with van der Waals surface area (Å²) in [5.41, 5.74) is 3.14. The summed E-state index contributed by atoms with van der Waals surface area (Å²) in [6.07, 6.45) is 2.22. The fraction of sp³-hybridized carbons (Fsp3) is 0.379. The third kappa shape index (κ3) is 6.24. The van der Waals surface area contributed by atoms with Crippen LogP contribution < -0.4 is 9.47 Å². The maximum Gasteiger partial charge on any atom is 0.478 e. The fourth-order valence-corrected chi connectivity index (χ4v) is 5.63. The molecular formula is C29H32FO6P. The summed E-state index contributed by atoms with van der Waals surface area (Å²) >= 11 is 0. The monoisotopic (exact) mass is 526 g/mol. The van der Waals surface area contributed by atoms with E-state index in [0.29, 0.717) is 23.8 Å². The van der Waals surface area contributed by atoms with Crippen molar-refractivity contribution in [3.63, 3.8) is 0 Å². The van der Waals surface area contributed by atoms with Crippen LogP contribution in [0.5, 0.6) is 11.5 Å². The van der Waals surface area contributed by atoms with E-state index in [-0.39, 0.29) is 43.4 Å². The van der Waals surface area contributed by atoms with Gasteiger partial charge in [-0.05, 0) is 41.9 Å². The summed E-state index contributed by atoms with van der Waals surface area (Å²) in [6.45, 7) is 4.16. The van der Waals surface area contributed by atoms with Crippen LogP contribution in [0, 0.1) is 11.7 Å². The Labute approximate surface area is 217 Å². The van der Waals surface area contributed by atoms with E-state index in [9.17, 15) is 8.96 Å². The predicted octanol–water partition coefficient (Wildman–Crippen LogP) is 7.73. The zero-order chi connectivity index (χ0) is 25.8. The van der Waals surface area contributed by atoms with Gasteiger partial charge in [0.2, 0.25) is 0 Å². The maximum absolute atomic E-state index is 14.9. The highest BCUT2D eigenvalue weighted by Gasteiger charge is 2.37. The van der Waals surface area contributed by atoms with Crippen LogP contribution in [0.3, 0.4) is 0 Å². The summed E-state index contributed by atoms with van der Waals surface area (Å²) < 4.78 is 57.2. The number of hydrogen-bond donors (Lipinski definition) is 0. The molecular weight excluding hydrogens is 494 g/mol. The first-order valence-electron chi connectivity index (χ1n) is 12.7. The number of rotatable bonds is 12. The molecule has 1 heterocycles. The lowest BCUT2D eigenvalue weighted by molar-refractivity contribution is 0.0432. The lowest BCUT2D eigenvalue weighted by Crippen LogP contribution is -2.11. The van der Waals surface area contributed by atoms with Crippen molar-refractivity contribution in [2.45, 2.75) is 51.7 Å². The molecule has 5 rings (SSSR count). The van der Waals surface area contributed by atoms with Crippen LogP contribution in [0.25, 0.3) is 0 Å². The Balaban J connectivity index is 1.34. The Kier molecular flexibility index (Phi) is 7.96. The summed E-state index contributed by atoms with van der Waals surface area (Å²) in [7, 11) is -4.01. The van der Waals surface area contributed by atoms with E-state index >= 15 is 0 Å². The highest BCUT2D eigenvalue weighted by atomic mass is 31.2. The Hall–Kier alpha value is -2.70. The number of hydrogen-bond acceptors (Lipinski definition) is 6. The van der Waals surface area contributed by atoms with Gasteiger partial charge in [0.25, 0.3) is 0 Å². The van der Waals surface area contributed by atoms with Crippen molar-refractivity contribution in [1.82, 2.24) is 0 Å². The third-order valence-electron chi connectivity index (χ3n) is 6.92. The van der Waals surface area contributed by atoms with Crippen LogP contribution in [0.15, 0.2) is 66.7 Å². The molecule has 1 aliphatic heterocycles. The first-order chi connectivity index (χ1) is 17.9. The molecule has 0 N–H and O–H groups in total.